The molecule has 2 atom stereocenters. The lowest BCUT2D eigenvalue weighted by Crippen LogP contribution is -2.27. The van der Waals surface area contributed by atoms with Crippen molar-refractivity contribution in [2.75, 3.05) is 0 Å². The summed E-state index contributed by atoms with van der Waals surface area (Å²) in [5.41, 5.74) is 21.6. The average Bonchev–Trinajstić information content (AvgIpc) is 3.84. The summed E-state index contributed by atoms with van der Waals surface area (Å²) in [6, 6.07) is 68.3. The zero-order chi connectivity index (χ0) is 41.2. The predicted octanol–water partition coefficient (Wildman–Crippen LogP) is 12.7. The van der Waals surface area contributed by atoms with Gasteiger partial charge in [0.05, 0.1) is 5.41 Å². The number of fused-ring (bicyclic) bond motifs is 10. The van der Waals surface area contributed by atoms with Gasteiger partial charge in [0.25, 0.3) is 0 Å². The molecule has 1 spiro atoms. The minimum Gasteiger partial charge on any atom is -0.237 e. The van der Waals surface area contributed by atoms with Crippen LogP contribution in [0.25, 0.3) is 67.8 Å². The second-order valence-corrected chi connectivity index (χ2v) is 17.0. The zero-order valence-corrected chi connectivity index (χ0v) is 33.9. The van der Waals surface area contributed by atoms with E-state index in [-0.39, 0.29) is 11.8 Å². The maximum absolute atomic E-state index is 5.46. The number of rotatable bonds is 4. The molecular weight excluding hydrogens is 767 g/mol. The second kappa shape index (κ2) is 12.9. The first-order chi connectivity index (χ1) is 31.3. The van der Waals surface area contributed by atoms with Crippen LogP contribution in [0.2, 0.25) is 0 Å². The van der Waals surface area contributed by atoms with Gasteiger partial charge in [0, 0.05) is 46.5 Å². The van der Waals surface area contributed by atoms with E-state index in [1.807, 2.05) is 36.7 Å². The Kier molecular flexibility index (Phi) is 7.09. The smallest absolute Gasteiger partial charge is 0.164 e. The summed E-state index contributed by atoms with van der Waals surface area (Å²) in [6.45, 7) is 0. The van der Waals surface area contributed by atoms with Gasteiger partial charge in [0.2, 0.25) is 0 Å². The third-order valence-electron chi connectivity index (χ3n) is 14.0. The van der Waals surface area contributed by atoms with Crippen LogP contribution in [-0.2, 0) is 5.41 Å². The van der Waals surface area contributed by atoms with Crippen molar-refractivity contribution in [1.82, 2.24) is 24.9 Å². The molecule has 10 aromatic rings. The Morgan fingerprint density at radius 2 is 0.762 bits per heavy atom. The zero-order valence-electron chi connectivity index (χ0n) is 33.9. The van der Waals surface area contributed by atoms with Gasteiger partial charge in [-0.1, -0.05) is 170 Å². The van der Waals surface area contributed by atoms with Crippen LogP contribution >= 0.6 is 0 Å². The molecule has 8 aromatic carbocycles. The average molecular weight is 802 g/mol. The molecule has 0 N–H and O–H groups in total. The molecule has 15 rings (SSSR count). The van der Waals surface area contributed by atoms with Crippen molar-refractivity contribution < 1.29 is 0 Å². The number of hydrogen-bond acceptors (Lipinski definition) is 5. The fourth-order valence-corrected chi connectivity index (χ4v) is 11.6. The van der Waals surface area contributed by atoms with Gasteiger partial charge in [0.1, 0.15) is 0 Å². The second-order valence-electron chi connectivity index (χ2n) is 17.0. The fourth-order valence-electron chi connectivity index (χ4n) is 11.6. The normalized spacial score (nSPS) is 16.1. The van der Waals surface area contributed by atoms with E-state index in [9.17, 15) is 0 Å². The lowest BCUT2D eigenvalue weighted by molar-refractivity contribution is 0.754. The molecule has 5 heteroatoms. The van der Waals surface area contributed by atoms with Crippen LogP contribution in [0.4, 0.5) is 0 Å². The quantitative estimate of drug-likeness (QED) is 0.177. The van der Waals surface area contributed by atoms with E-state index in [1.54, 1.807) is 0 Å². The summed E-state index contributed by atoms with van der Waals surface area (Å²) in [5.74, 6) is 2.87. The molecule has 63 heavy (non-hydrogen) atoms. The highest BCUT2D eigenvalue weighted by Gasteiger charge is 2.52. The van der Waals surface area contributed by atoms with E-state index in [0.29, 0.717) is 17.5 Å². The van der Waals surface area contributed by atoms with E-state index in [2.05, 4.69) is 174 Å². The molecule has 0 aliphatic heterocycles. The maximum atomic E-state index is 5.46. The lowest BCUT2D eigenvalue weighted by Gasteiger charge is -2.42. The molecule has 0 fully saturated rings. The van der Waals surface area contributed by atoms with Crippen LogP contribution < -0.4 is 0 Å². The Morgan fingerprint density at radius 1 is 0.302 bits per heavy atom. The molecule has 5 nitrogen and oxygen atoms in total. The van der Waals surface area contributed by atoms with E-state index in [4.69, 9.17) is 15.0 Å². The topological polar surface area (TPSA) is 64.5 Å². The van der Waals surface area contributed by atoms with Gasteiger partial charge < -0.3 is 0 Å². The number of aromatic nitrogens is 5. The first-order valence-corrected chi connectivity index (χ1v) is 21.6. The van der Waals surface area contributed by atoms with Crippen LogP contribution in [0.1, 0.15) is 67.5 Å². The molecule has 0 amide bonds. The van der Waals surface area contributed by atoms with Gasteiger partial charge in [0.15, 0.2) is 23.3 Å². The summed E-state index contributed by atoms with van der Waals surface area (Å²) < 4.78 is 0. The van der Waals surface area contributed by atoms with Crippen molar-refractivity contribution in [2.24, 2.45) is 0 Å². The molecule has 0 radical (unpaired) electrons. The molecule has 5 aliphatic carbocycles. The highest BCUT2D eigenvalue weighted by Crippen LogP contribution is 2.64. The van der Waals surface area contributed by atoms with Crippen molar-refractivity contribution in [3.8, 4) is 67.8 Å². The maximum Gasteiger partial charge on any atom is 0.164 e. The van der Waals surface area contributed by atoms with Crippen LogP contribution in [0.3, 0.4) is 0 Å². The number of benzene rings is 8. The SMILES string of the molecule is c1ccc(-c2nc(-c3ccc4c(c3)C3c5ccccc5C4c4cc(-c5ncccn5)ccc43)nc(-c3cccc4c3-c3ccccc3C43c4ccccc4-c4ccccc43)n2)cc1. The molecule has 0 saturated heterocycles. The molecule has 2 bridgehead atoms. The molecule has 292 valence electrons. The summed E-state index contributed by atoms with van der Waals surface area (Å²) >= 11 is 0. The number of hydrogen-bond donors (Lipinski definition) is 0. The van der Waals surface area contributed by atoms with Gasteiger partial charge in [-0.15, -0.1) is 0 Å². The fraction of sp³-hybridized carbons (Fsp3) is 0.0517. The molecule has 2 unspecified atom stereocenters. The summed E-state index contributed by atoms with van der Waals surface area (Å²) in [4.78, 5) is 25.3. The van der Waals surface area contributed by atoms with Gasteiger partial charge in [-0.2, -0.15) is 0 Å². The Balaban J connectivity index is 0.969. The van der Waals surface area contributed by atoms with Gasteiger partial charge in [-0.05, 0) is 96.1 Å². The van der Waals surface area contributed by atoms with Gasteiger partial charge >= 0.3 is 0 Å². The Morgan fingerprint density at radius 3 is 1.40 bits per heavy atom. The van der Waals surface area contributed by atoms with E-state index >= 15 is 0 Å². The van der Waals surface area contributed by atoms with Gasteiger partial charge in [-0.3, -0.25) is 0 Å². The summed E-state index contributed by atoms with van der Waals surface area (Å²) in [6.07, 6.45) is 3.62. The summed E-state index contributed by atoms with van der Waals surface area (Å²) in [5, 5.41) is 0. The minimum atomic E-state index is -0.466. The lowest BCUT2D eigenvalue weighted by atomic mass is 9.61. The third-order valence-corrected chi connectivity index (χ3v) is 14.0. The van der Waals surface area contributed by atoms with E-state index < -0.39 is 5.41 Å². The van der Waals surface area contributed by atoms with Gasteiger partial charge in [-0.25, -0.2) is 24.9 Å². The molecule has 2 heterocycles. The largest absolute Gasteiger partial charge is 0.237 e. The first-order valence-electron chi connectivity index (χ1n) is 21.6. The first kappa shape index (κ1) is 34.6. The van der Waals surface area contributed by atoms with E-state index in [1.165, 1.54) is 77.9 Å². The van der Waals surface area contributed by atoms with Crippen LogP contribution in [0, 0.1) is 0 Å². The molecule has 0 saturated carbocycles. The Bertz CT molecular complexity index is 3500. The molecular formula is C58H35N5. The Labute approximate surface area is 364 Å². The molecule has 2 aromatic heterocycles. The monoisotopic (exact) mass is 801 g/mol. The van der Waals surface area contributed by atoms with Crippen molar-refractivity contribution in [3.63, 3.8) is 0 Å². The van der Waals surface area contributed by atoms with Crippen molar-refractivity contribution >= 4 is 0 Å². The Hall–Kier alpha value is -8.15. The number of nitrogens with zero attached hydrogens (tertiary/aromatic N) is 5. The third kappa shape index (κ3) is 4.68. The standard InChI is InChI=1S/C58H35N5/c1-2-14-34(15-3-1)55-61-56(36-27-29-42-46(33-36)52-40-19-5-4-18-39(40)51(42)45-32-35(26-28-41(45)52)54-59-30-13-31-60-54)63-57(62-55)44-21-12-25-50-53(44)43-20-8-11-24-49(43)58(50)47-22-9-6-16-37(47)38-17-7-10-23-48(38)58/h1-33,51-52H. The van der Waals surface area contributed by atoms with Crippen molar-refractivity contribution in [3.05, 3.63) is 256 Å². The van der Waals surface area contributed by atoms with Crippen LogP contribution in [-0.4, -0.2) is 24.9 Å². The van der Waals surface area contributed by atoms with E-state index in [0.717, 1.165) is 28.1 Å². The van der Waals surface area contributed by atoms with Crippen molar-refractivity contribution in [1.29, 1.82) is 0 Å². The highest BCUT2D eigenvalue weighted by molar-refractivity contribution is 5.99. The highest BCUT2D eigenvalue weighted by atomic mass is 15.0. The van der Waals surface area contributed by atoms with Crippen LogP contribution in [0.5, 0.6) is 0 Å². The van der Waals surface area contributed by atoms with Crippen molar-refractivity contribution in [2.45, 2.75) is 17.3 Å². The summed E-state index contributed by atoms with van der Waals surface area (Å²) in [7, 11) is 0. The molecule has 5 aliphatic rings. The predicted molar refractivity (Wildman–Crippen MR) is 248 cm³/mol. The van der Waals surface area contributed by atoms with Crippen LogP contribution in [0.15, 0.2) is 200 Å². The minimum absolute atomic E-state index is 0.0686.